The van der Waals surface area contributed by atoms with Crippen molar-refractivity contribution in [3.8, 4) is 0 Å². The first-order valence-corrected chi connectivity index (χ1v) is 39.9. The molecule has 8 aliphatic rings. The number of carbonyl (C=O) groups is 11. The third-order valence-corrected chi connectivity index (χ3v) is 25.4. The van der Waals surface area contributed by atoms with Crippen molar-refractivity contribution < 1.29 is 97.3 Å². The fraction of sp³-hybridized carbons (Fsp3) is 0.833. The molecule has 0 aromatic rings. The van der Waals surface area contributed by atoms with Gasteiger partial charge in [0, 0.05) is 88.0 Å². The van der Waals surface area contributed by atoms with Crippen molar-refractivity contribution in [3.63, 3.8) is 0 Å². The van der Waals surface area contributed by atoms with E-state index in [1.807, 2.05) is 13.8 Å². The van der Waals surface area contributed by atoms with Crippen LogP contribution in [0.2, 0.25) is 0 Å². The van der Waals surface area contributed by atoms with Gasteiger partial charge in [-0.2, -0.15) is 26.3 Å². The molecule has 32 heteroatoms. The monoisotopic (exact) mass is 1570 g/mol. The molecule has 622 valence electrons. The van der Waals surface area contributed by atoms with Crippen LogP contribution in [0, 0.1) is 46.8 Å². The molecule has 110 heavy (non-hydrogen) atoms. The Kier molecular flexibility index (Phi) is 30.6. The zero-order chi connectivity index (χ0) is 81.2. The summed E-state index contributed by atoms with van der Waals surface area (Å²) in [6, 6.07) is -10.4. The van der Waals surface area contributed by atoms with Crippen molar-refractivity contribution in [1.82, 2.24) is 55.1 Å². The summed E-state index contributed by atoms with van der Waals surface area (Å²) in [6.45, 7) is 6.87. The minimum atomic E-state index is -5.21. The second-order valence-electron chi connectivity index (χ2n) is 33.9. The first kappa shape index (κ1) is 88.8. The molecule has 8 rings (SSSR count). The van der Waals surface area contributed by atoms with E-state index in [0.29, 0.717) is 32.1 Å². The van der Waals surface area contributed by atoms with E-state index in [9.17, 15) is 45.5 Å². The number of methoxy groups -OCH3 is 1. The number of carbonyl (C=O) groups excluding carboxylic acids is 11. The Morgan fingerprint density at radius 3 is 1.79 bits per heavy atom. The number of likely N-dealkylation sites (N-methyl/N-ethyl adjacent to an activating group) is 6. The lowest BCUT2D eigenvalue weighted by Crippen LogP contribution is -2.71. The predicted octanol–water partition coefficient (Wildman–Crippen LogP) is 8.08. The lowest BCUT2D eigenvalue weighted by Gasteiger charge is -2.54. The largest absolute Gasteiger partial charge is 0.397 e. The van der Waals surface area contributed by atoms with Crippen LogP contribution in [0.4, 0.5) is 35.1 Å². The summed E-state index contributed by atoms with van der Waals surface area (Å²) in [5.74, 6) is -15.5. The van der Waals surface area contributed by atoms with E-state index >= 15 is 42.3 Å². The van der Waals surface area contributed by atoms with Crippen LogP contribution in [0.3, 0.4) is 0 Å². The molecular formula is C78H121F8N11O13. The normalized spacial score (nSPS) is 33.1. The van der Waals surface area contributed by atoms with Gasteiger partial charge in [-0.3, -0.25) is 52.7 Å². The van der Waals surface area contributed by atoms with Crippen LogP contribution < -0.4 is 16.0 Å². The van der Waals surface area contributed by atoms with E-state index in [0.717, 1.165) is 51.7 Å². The number of nitrogens with zero attached hydrogens (tertiary/aromatic N) is 8. The van der Waals surface area contributed by atoms with Gasteiger partial charge in [0.1, 0.15) is 66.1 Å². The van der Waals surface area contributed by atoms with Crippen LogP contribution in [-0.2, 0) is 62.2 Å². The Morgan fingerprint density at radius 2 is 1.21 bits per heavy atom. The van der Waals surface area contributed by atoms with Gasteiger partial charge in [-0.25, -0.2) is 8.78 Å². The molecule has 2 saturated heterocycles. The van der Waals surface area contributed by atoms with E-state index in [1.165, 1.54) is 57.0 Å². The van der Waals surface area contributed by atoms with Gasteiger partial charge in [0.2, 0.25) is 65.0 Å². The molecule has 5 aliphatic carbocycles. The van der Waals surface area contributed by atoms with E-state index < -0.39 is 217 Å². The molecule has 0 radical (unpaired) electrons. The second kappa shape index (κ2) is 37.9. The summed E-state index contributed by atoms with van der Waals surface area (Å²) in [6.07, 6.45) is -8.82. The first-order valence-electron chi connectivity index (χ1n) is 39.9. The number of alkyl halides is 8. The fourth-order valence-electron chi connectivity index (χ4n) is 19.1. The summed E-state index contributed by atoms with van der Waals surface area (Å²) in [5.41, 5.74) is -2.24. The average Bonchev–Trinajstić information content (AvgIpc) is 0.905. The molecule has 0 aromatic heterocycles. The van der Waals surface area contributed by atoms with Gasteiger partial charge in [0.25, 0.3) is 0 Å². The summed E-state index contributed by atoms with van der Waals surface area (Å²) >= 11 is 0. The van der Waals surface area contributed by atoms with Gasteiger partial charge in [0.05, 0.1) is 31.7 Å². The topological polar surface area (TPSA) is 268 Å². The van der Waals surface area contributed by atoms with Crippen LogP contribution in [-0.4, -0.2) is 278 Å². The van der Waals surface area contributed by atoms with Gasteiger partial charge < -0.3 is 64.6 Å². The summed E-state index contributed by atoms with van der Waals surface area (Å²) < 4.78 is 127. The number of ether oxygens (including phenoxy) is 2. The van der Waals surface area contributed by atoms with Crippen LogP contribution >= 0.6 is 0 Å². The maximum Gasteiger partial charge on any atom is 0.397 e. The number of hydrogen-bond acceptors (Lipinski definition) is 13. The highest BCUT2D eigenvalue weighted by atomic mass is 19.4. The quantitative estimate of drug-likeness (QED) is 0.116. The molecule has 24 nitrogen and oxygen atoms in total. The highest BCUT2D eigenvalue weighted by Gasteiger charge is 2.60. The minimum absolute atomic E-state index is 0.00267. The third-order valence-electron chi connectivity index (χ3n) is 25.4. The standard InChI is InChI=1S/C78H121F8N11O13/c1-13-46(3)65-72(106)91(7)42-63(100)92(8)56-27-19-16-22-34-96(71(56)105)59(37-47-28-31-51(32-29-47)77(81,82)83)70(104)90(6)41-61(98)87-55(33-30-48-35-53(79)64(54(80)36-48)78(84,85)86)69(103)97-40-52(110-14-2)38-58(97)68(102)89-76(44-75(4,5)45-76)74(108)95(11)66(50-25-20-21-26-50)73(107)94(10)57(49-23-17-15-18-24-49)39-62(99)93(9)60(43-109-12)67(101)88-65/h16,19,46-60,64-66H,13-15,17-18,20-45H2,1-12H3,(H,87,98)(H,88,101)(H,89,102)/b19-16-/t46-,47?,48?,51?,52+,53?,54?,55-,56-,57+,58-,59-,60-,64?,65-,66-/m0/s1. The van der Waals surface area contributed by atoms with E-state index in [1.54, 1.807) is 44.9 Å². The van der Waals surface area contributed by atoms with Crippen LogP contribution in [0.25, 0.3) is 0 Å². The molecular weight excluding hydrogens is 1450 g/mol. The van der Waals surface area contributed by atoms with Gasteiger partial charge in [0.15, 0.2) is 0 Å². The zero-order valence-corrected chi connectivity index (χ0v) is 66.4. The summed E-state index contributed by atoms with van der Waals surface area (Å²) in [4.78, 5) is 178. The molecule has 3 heterocycles. The van der Waals surface area contributed by atoms with Crippen molar-refractivity contribution in [3.05, 3.63) is 12.2 Å². The van der Waals surface area contributed by atoms with Crippen LogP contribution in [0.5, 0.6) is 0 Å². The highest BCUT2D eigenvalue weighted by Crippen LogP contribution is 2.51. The lowest BCUT2D eigenvalue weighted by molar-refractivity contribution is -0.219. The van der Waals surface area contributed by atoms with E-state index in [-0.39, 0.29) is 115 Å². The summed E-state index contributed by atoms with van der Waals surface area (Å²) in [7, 11) is 9.84. The molecule has 1 spiro atoms. The fourth-order valence-corrected chi connectivity index (χ4v) is 19.1. The molecule has 2 bridgehead atoms. The third kappa shape index (κ3) is 21.4. The van der Waals surface area contributed by atoms with Crippen LogP contribution in [0.1, 0.15) is 195 Å². The number of amides is 11. The number of hydrogen-bond donors (Lipinski definition) is 3. The molecule has 11 amide bonds. The van der Waals surface area contributed by atoms with Crippen molar-refractivity contribution in [2.24, 2.45) is 46.8 Å². The zero-order valence-electron chi connectivity index (χ0n) is 66.4. The number of rotatable bonds is 13. The Bertz CT molecular complexity index is 3250. The van der Waals surface area contributed by atoms with E-state index in [4.69, 9.17) is 9.47 Å². The van der Waals surface area contributed by atoms with Gasteiger partial charge in [-0.1, -0.05) is 78.4 Å². The summed E-state index contributed by atoms with van der Waals surface area (Å²) in [5, 5.41) is 8.56. The Hall–Kier alpha value is -6.73. The van der Waals surface area contributed by atoms with Crippen molar-refractivity contribution >= 4 is 65.0 Å². The first-order chi connectivity index (χ1) is 51.7. The second-order valence-corrected chi connectivity index (χ2v) is 33.9. The Morgan fingerprint density at radius 1 is 0.600 bits per heavy atom. The molecule has 12 atom stereocenters. The van der Waals surface area contributed by atoms with Crippen molar-refractivity contribution in [1.29, 1.82) is 0 Å². The SMILES string of the molecule is CCO[C@@H]1C[C@H]2C(=O)NC3(CC(C)(C)C3)C(=O)N(C)[C@@H](C3CCCC3)C(=O)N(C)[C@@H](C3CCCCC3)CC(=O)N(C)[C@@H](COC)C(=O)N[C@@H]([C@@H](C)CC)C(=O)N(C)CC(=O)N(C)[C@H]3C/C=C\CCN(C3=O)[C@@H](CC3CCC(C(F)(F)F)CC3)C(=O)N(C)CC(=O)N[C@@H](CCC3CC(F)C(C(F)(F)F)C(F)C3)C(=O)N2C1. The smallest absolute Gasteiger partial charge is 0.382 e. The minimum Gasteiger partial charge on any atom is -0.382 e. The maximum atomic E-state index is 15.9. The van der Waals surface area contributed by atoms with Gasteiger partial charge in [-0.05, 0) is 151 Å². The number of nitrogens with one attached hydrogen (secondary N) is 3. The van der Waals surface area contributed by atoms with Crippen LogP contribution in [0.15, 0.2) is 12.2 Å². The molecule has 2 unspecified atom stereocenters. The Balaban J connectivity index is 1.21. The van der Waals surface area contributed by atoms with Gasteiger partial charge in [-0.15, -0.1) is 0 Å². The molecule has 0 aromatic carbocycles. The van der Waals surface area contributed by atoms with Crippen molar-refractivity contribution in [2.45, 2.75) is 280 Å². The lowest BCUT2D eigenvalue weighted by atomic mass is 9.58. The van der Waals surface area contributed by atoms with Crippen molar-refractivity contribution in [2.75, 3.05) is 88.8 Å². The van der Waals surface area contributed by atoms with Gasteiger partial charge >= 0.3 is 12.4 Å². The number of halogens is 8. The van der Waals surface area contributed by atoms with E-state index in [2.05, 4.69) is 16.0 Å². The molecule has 7 fully saturated rings. The maximum absolute atomic E-state index is 15.9. The number of fused-ring (bicyclic) bond motifs is 3. The molecule has 3 N–H and O–H groups in total. The molecule has 3 aliphatic heterocycles. The highest BCUT2D eigenvalue weighted by molar-refractivity contribution is 6.00. The predicted molar refractivity (Wildman–Crippen MR) is 391 cm³/mol. The molecule has 5 saturated carbocycles. The Labute approximate surface area is 642 Å². The average molecular weight is 1570 g/mol.